The molecular formula is C15H15BrN2O2S. The first-order chi connectivity index (χ1) is 10.0. The van der Waals surface area contributed by atoms with E-state index >= 15 is 0 Å². The van der Waals surface area contributed by atoms with Gasteiger partial charge in [0.15, 0.2) is 0 Å². The molecule has 0 spiro atoms. The number of nitrogens with one attached hydrogen (secondary N) is 2. The van der Waals surface area contributed by atoms with E-state index in [1.54, 1.807) is 23.6 Å². The Morgan fingerprint density at radius 3 is 2.57 bits per heavy atom. The lowest BCUT2D eigenvalue weighted by atomic mass is 10.1. The van der Waals surface area contributed by atoms with Crippen LogP contribution in [-0.4, -0.2) is 18.4 Å². The van der Waals surface area contributed by atoms with Gasteiger partial charge in [-0.2, -0.15) is 0 Å². The summed E-state index contributed by atoms with van der Waals surface area (Å²) in [5, 5.41) is 7.36. The van der Waals surface area contributed by atoms with Crippen LogP contribution in [-0.2, 0) is 0 Å². The van der Waals surface area contributed by atoms with Crippen LogP contribution in [0.25, 0.3) is 0 Å². The molecule has 1 aromatic carbocycles. The summed E-state index contributed by atoms with van der Waals surface area (Å²) in [4.78, 5) is 24.0. The summed E-state index contributed by atoms with van der Waals surface area (Å²) in [6, 6.07) is 7.03. The van der Waals surface area contributed by atoms with Crippen LogP contribution in [0.4, 0.5) is 5.69 Å². The van der Waals surface area contributed by atoms with Crippen molar-refractivity contribution >= 4 is 44.8 Å². The first kappa shape index (κ1) is 15.7. The zero-order chi connectivity index (χ0) is 15.4. The molecule has 0 bridgehead atoms. The number of aryl methyl sites for hydroxylation is 1. The summed E-state index contributed by atoms with van der Waals surface area (Å²) >= 11 is 4.79. The Balaban J connectivity index is 2.21. The fraction of sp³-hybridized carbons (Fsp3) is 0.200. The van der Waals surface area contributed by atoms with Crippen LogP contribution in [0.5, 0.6) is 0 Å². The van der Waals surface area contributed by atoms with Crippen LogP contribution in [0.15, 0.2) is 33.4 Å². The van der Waals surface area contributed by atoms with Crippen LogP contribution in [0.2, 0.25) is 0 Å². The molecule has 2 amide bonds. The molecule has 1 aromatic heterocycles. The van der Waals surface area contributed by atoms with E-state index in [0.717, 1.165) is 9.35 Å². The van der Waals surface area contributed by atoms with Crippen molar-refractivity contribution in [2.45, 2.75) is 13.8 Å². The minimum atomic E-state index is -0.187. The molecule has 21 heavy (non-hydrogen) atoms. The average molecular weight is 367 g/mol. The molecule has 0 fully saturated rings. The number of amides is 2. The van der Waals surface area contributed by atoms with Crippen molar-refractivity contribution in [1.29, 1.82) is 0 Å². The van der Waals surface area contributed by atoms with Crippen LogP contribution in [0.1, 0.15) is 33.2 Å². The van der Waals surface area contributed by atoms with Crippen LogP contribution < -0.4 is 10.6 Å². The minimum Gasteiger partial charge on any atom is -0.352 e. The Kier molecular flexibility index (Phi) is 5.14. The maximum absolute atomic E-state index is 12.2. The topological polar surface area (TPSA) is 58.2 Å². The monoisotopic (exact) mass is 366 g/mol. The third-order valence-electron chi connectivity index (χ3n) is 2.91. The van der Waals surface area contributed by atoms with Gasteiger partial charge >= 0.3 is 0 Å². The molecule has 0 saturated heterocycles. The molecule has 0 atom stereocenters. The molecule has 110 valence electrons. The van der Waals surface area contributed by atoms with E-state index in [1.165, 1.54) is 11.3 Å². The van der Waals surface area contributed by atoms with Gasteiger partial charge in [-0.15, -0.1) is 11.3 Å². The van der Waals surface area contributed by atoms with E-state index in [9.17, 15) is 9.59 Å². The zero-order valence-corrected chi connectivity index (χ0v) is 14.1. The van der Waals surface area contributed by atoms with E-state index in [4.69, 9.17) is 0 Å². The van der Waals surface area contributed by atoms with Crippen molar-refractivity contribution in [2.75, 3.05) is 11.9 Å². The highest BCUT2D eigenvalue weighted by molar-refractivity contribution is 9.11. The Hall–Kier alpha value is -1.66. The van der Waals surface area contributed by atoms with Gasteiger partial charge in [0.05, 0.1) is 9.35 Å². The third-order valence-corrected chi connectivity index (χ3v) is 4.42. The van der Waals surface area contributed by atoms with E-state index in [1.807, 2.05) is 19.9 Å². The number of halogens is 1. The number of carbonyl (C=O) groups is 2. The van der Waals surface area contributed by atoms with Gasteiger partial charge in [-0.25, -0.2) is 0 Å². The number of thiophene rings is 1. The number of benzene rings is 1. The second-order valence-electron chi connectivity index (χ2n) is 4.48. The van der Waals surface area contributed by atoms with Crippen molar-refractivity contribution in [3.8, 4) is 0 Å². The maximum atomic E-state index is 12.2. The fourth-order valence-corrected chi connectivity index (χ4v) is 2.92. The molecule has 1 heterocycles. The molecule has 6 heteroatoms. The zero-order valence-electron chi connectivity index (χ0n) is 11.7. The molecule has 2 N–H and O–H groups in total. The second kappa shape index (κ2) is 6.87. The number of carbonyl (C=O) groups excluding carboxylic acids is 2. The van der Waals surface area contributed by atoms with E-state index in [2.05, 4.69) is 26.6 Å². The summed E-state index contributed by atoms with van der Waals surface area (Å²) in [6.07, 6.45) is 0. The molecule has 0 unspecified atom stereocenters. The predicted octanol–water partition coefficient (Wildman–Crippen LogP) is 3.82. The lowest BCUT2D eigenvalue weighted by Crippen LogP contribution is -2.23. The van der Waals surface area contributed by atoms with Crippen LogP contribution in [0.3, 0.4) is 0 Å². The number of hydrogen-bond acceptors (Lipinski definition) is 3. The maximum Gasteiger partial charge on any atom is 0.256 e. The van der Waals surface area contributed by atoms with Crippen molar-refractivity contribution in [3.05, 3.63) is 50.1 Å². The summed E-state index contributed by atoms with van der Waals surface area (Å²) in [7, 11) is 0. The Morgan fingerprint density at radius 2 is 1.95 bits per heavy atom. The molecule has 2 aromatic rings. The smallest absolute Gasteiger partial charge is 0.256 e. The van der Waals surface area contributed by atoms with Gasteiger partial charge in [0.1, 0.15) is 0 Å². The highest BCUT2D eigenvalue weighted by Gasteiger charge is 2.12. The molecule has 2 rings (SSSR count). The molecule has 0 aliphatic carbocycles. The third kappa shape index (κ3) is 3.92. The summed E-state index contributed by atoms with van der Waals surface area (Å²) in [5.41, 5.74) is 2.68. The predicted molar refractivity (Wildman–Crippen MR) is 89.2 cm³/mol. The summed E-state index contributed by atoms with van der Waals surface area (Å²) in [5.74, 6) is -0.334. The largest absolute Gasteiger partial charge is 0.352 e. The van der Waals surface area contributed by atoms with Gasteiger partial charge in [0.25, 0.3) is 11.8 Å². The van der Waals surface area contributed by atoms with Gasteiger partial charge in [0.2, 0.25) is 0 Å². The Bertz CT molecular complexity index is 682. The SMILES string of the molecule is CCNC(=O)c1ccc(C)c(NC(=O)c2csc(Br)c2)c1. The van der Waals surface area contributed by atoms with Crippen molar-refractivity contribution in [1.82, 2.24) is 5.32 Å². The number of anilines is 1. The van der Waals surface area contributed by atoms with Crippen LogP contribution in [0, 0.1) is 6.92 Å². The number of hydrogen-bond donors (Lipinski definition) is 2. The summed E-state index contributed by atoms with van der Waals surface area (Å²) < 4.78 is 0.903. The fourth-order valence-electron chi connectivity index (χ4n) is 1.78. The molecule has 0 aliphatic rings. The van der Waals surface area contributed by atoms with Gasteiger partial charge in [-0.1, -0.05) is 6.07 Å². The minimum absolute atomic E-state index is 0.147. The van der Waals surface area contributed by atoms with Gasteiger partial charge in [-0.05, 0) is 53.5 Å². The molecule has 0 radical (unpaired) electrons. The van der Waals surface area contributed by atoms with Crippen molar-refractivity contribution < 1.29 is 9.59 Å². The Labute approximate surface area is 135 Å². The lowest BCUT2D eigenvalue weighted by molar-refractivity contribution is 0.0954. The molecule has 4 nitrogen and oxygen atoms in total. The summed E-state index contributed by atoms with van der Waals surface area (Å²) in [6.45, 7) is 4.32. The van der Waals surface area contributed by atoms with Gasteiger partial charge in [0, 0.05) is 23.2 Å². The van der Waals surface area contributed by atoms with Crippen molar-refractivity contribution in [3.63, 3.8) is 0 Å². The second-order valence-corrected chi connectivity index (χ2v) is 6.77. The normalized spacial score (nSPS) is 10.2. The first-order valence-electron chi connectivity index (χ1n) is 6.45. The average Bonchev–Trinajstić information content (AvgIpc) is 2.88. The van der Waals surface area contributed by atoms with Gasteiger partial charge < -0.3 is 10.6 Å². The lowest BCUT2D eigenvalue weighted by Gasteiger charge is -2.10. The van der Waals surface area contributed by atoms with Crippen molar-refractivity contribution in [2.24, 2.45) is 0 Å². The first-order valence-corrected chi connectivity index (χ1v) is 8.12. The van der Waals surface area contributed by atoms with Gasteiger partial charge in [-0.3, -0.25) is 9.59 Å². The molecule has 0 saturated carbocycles. The van der Waals surface area contributed by atoms with Crippen LogP contribution >= 0.6 is 27.3 Å². The van der Waals surface area contributed by atoms with E-state index in [0.29, 0.717) is 23.4 Å². The number of rotatable bonds is 4. The molecular weight excluding hydrogens is 352 g/mol. The standard InChI is InChI=1S/C15H15BrN2O2S/c1-3-17-14(19)10-5-4-9(2)12(6-10)18-15(20)11-7-13(16)21-8-11/h4-8H,3H2,1-2H3,(H,17,19)(H,18,20). The van der Waals surface area contributed by atoms with E-state index < -0.39 is 0 Å². The molecule has 0 aliphatic heterocycles. The van der Waals surface area contributed by atoms with E-state index in [-0.39, 0.29) is 11.8 Å². The quantitative estimate of drug-likeness (QED) is 0.863. The Morgan fingerprint density at radius 1 is 1.19 bits per heavy atom. The highest BCUT2D eigenvalue weighted by Crippen LogP contribution is 2.23. The highest BCUT2D eigenvalue weighted by atomic mass is 79.9.